The van der Waals surface area contributed by atoms with E-state index in [4.69, 9.17) is 10.5 Å². The van der Waals surface area contributed by atoms with Gasteiger partial charge in [-0.3, -0.25) is 24.1 Å². The van der Waals surface area contributed by atoms with E-state index >= 15 is 0 Å². The van der Waals surface area contributed by atoms with Crippen LogP contribution in [-0.2, 0) is 23.9 Å². The van der Waals surface area contributed by atoms with Crippen LogP contribution in [-0.4, -0.2) is 80.6 Å². The number of primary amides is 1. The van der Waals surface area contributed by atoms with E-state index in [2.05, 4.69) is 0 Å². The highest BCUT2D eigenvalue weighted by Crippen LogP contribution is 2.57. The monoisotopic (exact) mass is 576 g/mol. The van der Waals surface area contributed by atoms with E-state index in [1.54, 1.807) is 49.4 Å². The fraction of sp³-hybridized carbons (Fsp3) is 0.355. The van der Waals surface area contributed by atoms with Crippen LogP contribution < -0.4 is 5.73 Å². The van der Waals surface area contributed by atoms with Crippen LogP contribution in [0, 0.1) is 11.8 Å². The van der Waals surface area contributed by atoms with E-state index in [9.17, 15) is 39.6 Å². The van der Waals surface area contributed by atoms with Crippen molar-refractivity contribution in [3.63, 3.8) is 0 Å². The summed E-state index contributed by atoms with van der Waals surface area (Å²) in [4.78, 5) is 54.3. The molecule has 6 atom stereocenters. The maximum absolute atomic E-state index is 14.3. The minimum absolute atomic E-state index is 0.0549. The van der Waals surface area contributed by atoms with Gasteiger partial charge in [-0.1, -0.05) is 56.3 Å². The second kappa shape index (κ2) is 10.1. The molecule has 11 nitrogen and oxygen atoms in total. The lowest BCUT2D eigenvalue weighted by molar-refractivity contribution is -0.185. The molecule has 2 aromatic carbocycles. The van der Waals surface area contributed by atoms with Crippen molar-refractivity contribution in [1.29, 1.82) is 0 Å². The molecule has 1 fully saturated rings. The second-order valence-corrected chi connectivity index (χ2v) is 11.2. The van der Waals surface area contributed by atoms with Crippen LogP contribution >= 0.6 is 0 Å². The fourth-order valence-corrected chi connectivity index (χ4v) is 6.81. The number of rotatable bonds is 5. The smallest absolute Gasteiger partial charge is 0.305 e. The molecular weight excluding hydrogens is 544 g/mol. The molecule has 0 aliphatic heterocycles. The maximum atomic E-state index is 14.3. The van der Waals surface area contributed by atoms with Gasteiger partial charge in [0.25, 0.3) is 5.91 Å². The SMILES string of the molecule is CCC(=O)O[C@@H]1[C@@H]2C(=C(O)c3c(ccc(-c4ccccc4)c3O)[C@H]2C)C(=O)[C@@]2(O)C(O)=C(C(N)=O)C(=O)[C@H](N(C)C)[C@@H]12. The van der Waals surface area contributed by atoms with Crippen LogP contribution in [0.25, 0.3) is 16.9 Å². The number of carbonyl (C=O) groups is 4. The van der Waals surface area contributed by atoms with E-state index in [0.717, 1.165) is 0 Å². The van der Waals surface area contributed by atoms with Gasteiger partial charge in [-0.25, -0.2) is 0 Å². The quantitative estimate of drug-likeness (QED) is 0.261. The lowest BCUT2D eigenvalue weighted by Gasteiger charge is -2.54. The minimum atomic E-state index is -2.98. The molecule has 0 radical (unpaired) electrons. The number of esters is 1. The lowest BCUT2D eigenvalue weighted by Crippen LogP contribution is -2.71. The molecule has 2 aromatic rings. The van der Waals surface area contributed by atoms with Crippen LogP contribution in [0.3, 0.4) is 0 Å². The predicted molar refractivity (Wildman–Crippen MR) is 150 cm³/mol. The molecule has 0 unspecified atom stereocenters. The predicted octanol–water partition coefficient (Wildman–Crippen LogP) is 2.12. The Kier molecular flexibility index (Phi) is 6.99. The van der Waals surface area contributed by atoms with E-state index in [0.29, 0.717) is 16.7 Å². The summed E-state index contributed by atoms with van der Waals surface area (Å²) in [6.45, 7) is 3.25. The zero-order valence-electron chi connectivity index (χ0n) is 23.5. The molecule has 1 amide bonds. The summed E-state index contributed by atoms with van der Waals surface area (Å²) < 4.78 is 5.84. The number of nitrogens with two attached hydrogens (primary N) is 1. The number of aliphatic hydroxyl groups is 3. The van der Waals surface area contributed by atoms with Gasteiger partial charge < -0.3 is 30.9 Å². The molecule has 0 spiro atoms. The van der Waals surface area contributed by atoms with Gasteiger partial charge in [0.1, 0.15) is 28.9 Å². The first-order valence-corrected chi connectivity index (χ1v) is 13.5. The number of aliphatic hydroxyl groups excluding tert-OH is 2. The molecule has 0 saturated heterocycles. The van der Waals surface area contributed by atoms with Crippen molar-refractivity contribution in [3.05, 3.63) is 70.5 Å². The molecule has 3 aliphatic carbocycles. The maximum Gasteiger partial charge on any atom is 0.305 e. The number of likely N-dealkylation sites (N-methyl/N-ethyl adjacent to an activating group) is 1. The number of nitrogens with zero attached hydrogens (tertiary/aromatic N) is 1. The van der Waals surface area contributed by atoms with Gasteiger partial charge in [0.15, 0.2) is 11.4 Å². The summed E-state index contributed by atoms with van der Waals surface area (Å²) >= 11 is 0. The van der Waals surface area contributed by atoms with E-state index in [-0.39, 0.29) is 17.7 Å². The van der Waals surface area contributed by atoms with Gasteiger partial charge in [0, 0.05) is 23.5 Å². The number of ketones is 2. The van der Waals surface area contributed by atoms with Crippen LogP contribution in [0.5, 0.6) is 5.75 Å². The number of benzene rings is 2. The van der Waals surface area contributed by atoms with Crippen LogP contribution in [0.4, 0.5) is 0 Å². The van der Waals surface area contributed by atoms with Crippen molar-refractivity contribution >= 4 is 29.2 Å². The third-order valence-corrected chi connectivity index (χ3v) is 8.74. The summed E-state index contributed by atoms with van der Waals surface area (Å²) in [6.07, 6.45) is -1.52. The van der Waals surface area contributed by atoms with Gasteiger partial charge in [-0.2, -0.15) is 0 Å². The Morgan fingerprint density at radius 3 is 2.26 bits per heavy atom. The normalized spacial score (nSPS) is 28.8. The lowest BCUT2D eigenvalue weighted by atomic mass is 9.54. The van der Waals surface area contributed by atoms with Crippen LogP contribution in [0.1, 0.15) is 37.3 Å². The van der Waals surface area contributed by atoms with Gasteiger partial charge in [0.05, 0.1) is 17.5 Å². The number of ether oxygens (including phenoxy) is 1. The van der Waals surface area contributed by atoms with E-state index in [1.165, 1.54) is 25.9 Å². The average molecular weight is 577 g/mol. The first kappa shape index (κ1) is 29.0. The highest BCUT2D eigenvalue weighted by atomic mass is 16.5. The topological polar surface area (TPSA) is 188 Å². The number of hydrogen-bond donors (Lipinski definition) is 5. The highest BCUT2D eigenvalue weighted by molar-refractivity contribution is 6.24. The Bertz CT molecular complexity index is 1590. The van der Waals surface area contributed by atoms with Crippen molar-refractivity contribution in [3.8, 4) is 16.9 Å². The number of aromatic hydroxyl groups is 1. The number of hydrogen-bond acceptors (Lipinski definition) is 10. The Morgan fingerprint density at radius 1 is 1.05 bits per heavy atom. The Morgan fingerprint density at radius 2 is 1.69 bits per heavy atom. The first-order chi connectivity index (χ1) is 19.8. The number of carbonyl (C=O) groups excluding carboxylic acids is 4. The summed E-state index contributed by atoms with van der Waals surface area (Å²) in [6, 6.07) is 10.8. The average Bonchev–Trinajstić information content (AvgIpc) is 2.94. The molecule has 3 aliphatic rings. The highest BCUT2D eigenvalue weighted by Gasteiger charge is 2.69. The summed E-state index contributed by atoms with van der Waals surface area (Å²) in [5, 5.41) is 46.4. The van der Waals surface area contributed by atoms with Gasteiger partial charge in [-0.15, -0.1) is 0 Å². The van der Waals surface area contributed by atoms with Crippen molar-refractivity contribution in [1.82, 2.24) is 4.90 Å². The van der Waals surface area contributed by atoms with E-state index in [1.807, 2.05) is 0 Å². The number of Topliss-reactive ketones (excluding diaryl/α,β-unsaturated/α-hetero) is 2. The Hall–Kier alpha value is -4.48. The van der Waals surface area contributed by atoms with E-state index < -0.39 is 81.6 Å². The van der Waals surface area contributed by atoms with Gasteiger partial charge in [0.2, 0.25) is 5.78 Å². The summed E-state index contributed by atoms with van der Waals surface area (Å²) in [5.74, 6) is -9.85. The summed E-state index contributed by atoms with van der Waals surface area (Å²) in [5.41, 5.74) is 2.46. The molecule has 0 heterocycles. The van der Waals surface area contributed by atoms with Crippen molar-refractivity contribution in [2.45, 2.75) is 43.9 Å². The zero-order chi connectivity index (χ0) is 30.8. The molecule has 0 aromatic heterocycles. The molecular formula is C31H32N2O9. The van der Waals surface area contributed by atoms with Gasteiger partial charge >= 0.3 is 5.97 Å². The van der Waals surface area contributed by atoms with Crippen LogP contribution in [0.2, 0.25) is 0 Å². The molecule has 5 rings (SSSR count). The van der Waals surface area contributed by atoms with Crippen LogP contribution in [0.15, 0.2) is 59.4 Å². The number of phenols is 1. The second-order valence-electron chi connectivity index (χ2n) is 11.2. The third kappa shape index (κ3) is 3.87. The zero-order valence-corrected chi connectivity index (χ0v) is 23.5. The number of phenolic OH excluding ortho intramolecular Hbond substituents is 1. The van der Waals surface area contributed by atoms with Crippen molar-refractivity contribution < 1.29 is 44.3 Å². The molecule has 11 heteroatoms. The molecule has 42 heavy (non-hydrogen) atoms. The third-order valence-electron chi connectivity index (χ3n) is 8.74. The number of amides is 1. The molecule has 220 valence electrons. The minimum Gasteiger partial charge on any atom is -0.508 e. The van der Waals surface area contributed by atoms with Gasteiger partial charge in [-0.05, 0) is 31.1 Å². The largest absolute Gasteiger partial charge is 0.508 e. The molecule has 1 saturated carbocycles. The van der Waals surface area contributed by atoms with Crippen molar-refractivity contribution in [2.75, 3.05) is 14.1 Å². The fourth-order valence-electron chi connectivity index (χ4n) is 6.81. The Balaban J connectivity index is 1.84. The first-order valence-electron chi connectivity index (χ1n) is 13.5. The van der Waals surface area contributed by atoms with Crippen molar-refractivity contribution in [2.24, 2.45) is 17.6 Å². The standard InChI is InChI=1S/C31H32N2O9/c1-5-17(34)42-27-18-13(2)15-11-12-16(14-9-7-6-8-10-14)24(35)19(15)25(36)20(18)28(38)31(41)22(27)23(33(3)4)26(37)21(29(31)39)30(32)40/h6-13,18,22-23,27,35-36,39,41H,5H2,1-4H3,(H2,32,40)/t13-,18+,22+,23-,27-,31-/m1/s1. The number of fused-ring (bicyclic) bond motifs is 3. The summed E-state index contributed by atoms with van der Waals surface area (Å²) in [7, 11) is 2.94. The molecule has 0 bridgehead atoms. The molecule has 6 N–H and O–H groups in total. The Labute approximate surface area is 241 Å².